The lowest BCUT2D eigenvalue weighted by Gasteiger charge is -2.60. The molecular formula is C22H35ClN2O4. The van der Waals surface area contributed by atoms with Gasteiger partial charge >= 0.3 is 5.97 Å². The summed E-state index contributed by atoms with van der Waals surface area (Å²) in [5.74, 6) is 1.73. The van der Waals surface area contributed by atoms with E-state index in [-0.39, 0.29) is 47.6 Å². The standard InChI is InChI=1S/C22H34N2O4.ClH/c1-21-8-5-13(28-20(26)7-10-23)11-17(21)18(24-27)12-14-15-3-4-19(25)22(15,2)9-6-16(14)21;/h13-17,27H,3-12,23H2,1-2H3;1H/b24-18-;/t13-,14-,15-,16-,17?,21+,22-;/m0./s1. The summed E-state index contributed by atoms with van der Waals surface area (Å²) in [6.45, 7) is 4.82. The maximum Gasteiger partial charge on any atom is 0.307 e. The van der Waals surface area contributed by atoms with Crippen molar-refractivity contribution in [3.05, 3.63) is 0 Å². The lowest BCUT2D eigenvalue weighted by atomic mass is 9.44. The van der Waals surface area contributed by atoms with Crippen LogP contribution in [0.25, 0.3) is 0 Å². The van der Waals surface area contributed by atoms with Gasteiger partial charge in [0.25, 0.3) is 0 Å². The minimum Gasteiger partial charge on any atom is -0.462 e. The summed E-state index contributed by atoms with van der Waals surface area (Å²) in [5.41, 5.74) is 6.19. The number of ketones is 1. The topological polar surface area (TPSA) is 102 Å². The highest BCUT2D eigenvalue weighted by molar-refractivity contribution is 5.90. The molecule has 0 aliphatic heterocycles. The van der Waals surface area contributed by atoms with Gasteiger partial charge in [-0.3, -0.25) is 9.59 Å². The van der Waals surface area contributed by atoms with E-state index < -0.39 is 0 Å². The second-order valence-electron chi connectivity index (χ2n) is 10.1. The number of fused-ring (bicyclic) bond motifs is 5. The monoisotopic (exact) mass is 426 g/mol. The number of carbonyl (C=O) groups excluding carboxylic acids is 2. The number of nitrogens with zero attached hydrogens (tertiary/aromatic N) is 1. The fraction of sp³-hybridized carbons (Fsp3) is 0.864. The van der Waals surface area contributed by atoms with E-state index in [1.165, 1.54) is 0 Å². The van der Waals surface area contributed by atoms with E-state index in [9.17, 15) is 14.8 Å². The normalized spacial score (nSPS) is 45.0. The lowest BCUT2D eigenvalue weighted by molar-refractivity contribution is -0.155. The number of nitrogens with two attached hydrogens (primary N) is 1. The van der Waals surface area contributed by atoms with Crippen LogP contribution in [0, 0.1) is 34.5 Å². The Kier molecular flexibility index (Phi) is 6.36. The zero-order chi connectivity index (χ0) is 20.1. The van der Waals surface area contributed by atoms with Gasteiger partial charge in [-0.25, -0.2) is 0 Å². The molecule has 3 N–H and O–H groups in total. The van der Waals surface area contributed by atoms with Crippen molar-refractivity contribution in [2.45, 2.75) is 77.7 Å². The predicted molar refractivity (Wildman–Crippen MR) is 112 cm³/mol. The number of ether oxygens (including phenoxy) is 1. The largest absolute Gasteiger partial charge is 0.462 e. The van der Waals surface area contributed by atoms with E-state index in [0.29, 0.717) is 36.5 Å². The van der Waals surface area contributed by atoms with Gasteiger partial charge < -0.3 is 15.7 Å². The average molecular weight is 427 g/mol. The number of oxime groups is 1. The van der Waals surface area contributed by atoms with Crippen LogP contribution in [0.2, 0.25) is 0 Å². The highest BCUT2D eigenvalue weighted by Crippen LogP contribution is 2.65. The van der Waals surface area contributed by atoms with E-state index in [4.69, 9.17) is 10.5 Å². The molecule has 0 aromatic rings. The van der Waals surface area contributed by atoms with E-state index in [0.717, 1.165) is 50.7 Å². The first-order valence-corrected chi connectivity index (χ1v) is 11.0. The van der Waals surface area contributed by atoms with Crippen molar-refractivity contribution in [2.24, 2.45) is 45.4 Å². The molecule has 0 heterocycles. The zero-order valence-electron chi connectivity index (χ0n) is 17.6. The van der Waals surface area contributed by atoms with Gasteiger partial charge in [0.05, 0.1) is 12.1 Å². The SMILES string of the molecule is C[C@]12CC[C@H](OC(=O)CCN)CC1/C(=N\O)C[C@@H]1[C@@H]2CC[C@]2(C)C(=O)CC[C@@H]12.Cl. The molecule has 29 heavy (non-hydrogen) atoms. The minimum atomic E-state index is -0.231. The highest BCUT2D eigenvalue weighted by atomic mass is 35.5. The number of hydrogen-bond donors (Lipinski definition) is 2. The van der Waals surface area contributed by atoms with Crippen LogP contribution in [0.3, 0.4) is 0 Å². The van der Waals surface area contributed by atoms with Crippen molar-refractivity contribution in [1.29, 1.82) is 0 Å². The van der Waals surface area contributed by atoms with Crippen LogP contribution in [0.4, 0.5) is 0 Å². The molecule has 4 aliphatic carbocycles. The Morgan fingerprint density at radius 3 is 2.69 bits per heavy atom. The van der Waals surface area contributed by atoms with Crippen LogP contribution in [-0.4, -0.2) is 35.3 Å². The molecule has 4 rings (SSSR count). The van der Waals surface area contributed by atoms with Crippen molar-refractivity contribution < 1.29 is 19.5 Å². The molecule has 7 atom stereocenters. The van der Waals surface area contributed by atoms with E-state index >= 15 is 0 Å². The molecule has 4 fully saturated rings. The molecule has 7 heteroatoms. The molecule has 0 bridgehead atoms. The zero-order valence-corrected chi connectivity index (χ0v) is 18.4. The second kappa shape index (κ2) is 8.18. The van der Waals surface area contributed by atoms with E-state index in [2.05, 4.69) is 19.0 Å². The first-order chi connectivity index (χ1) is 13.3. The van der Waals surface area contributed by atoms with Crippen molar-refractivity contribution in [1.82, 2.24) is 0 Å². The van der Waals surface area contributed by atoms with Crippen LogP contribution in [-0.2, 0) is 14.3 Å². The van der Waals surface area contributed by atoms with Crippen LogP contribution >= 0.6 is 12.4 Å². The molecule has 1 unspecified atom stereocenters. The summed E-state index contributed by atoms with van der Waals surface area (Å²) in [5, 5.41) is 13.6. The van der Waals surface area contributed by atoms with Gasteiger partial charge in [-0.05, 0) is 68.1 Å². The Morgan fingerprint density at radius 2 is 2.00 bits per heavy atom. The number of halogens is 1. The molecule has 6 nitrogen and oxygen atoms in total. The molecule has 164 valence electrons. The van der Waals surface area contributed by atoms with Gasteiger partial charge in [0, 0.05) is 24.3 Å². The van der Waals surface area contributed by atoms with Gasteiger partial charge in [-0.1, -0.05) is 19.0 Å². The van der Waals surface area contributed by atoms with Crippen molar-refractivity contribution in [3.63, 3.8) is 0 Å². The van der Waals surface area contributed by atoms with Crippen molar-refractivity contribution in [2.75, 3.05) is 6.54 Å². The molecule has 4 saturated carbocycles. The Morgan fingerprint density at radius 1 is 1.24 bits per heavy atom. The van der Waals surface area contributed by atoms with Gasteiger partial charge in [-0.15, -0.1) is 12.4 Å². The van der Waals surface area contributed by atoms with Crippen LogP contribution < -0.4 is 5.73 Å². The third-order valence-corrected chi connectivity index (χ3v) is 8.91. The van der Waals surface area contributed by atoms with Gasteiger partial charge in [0.2, 0.25) is 0 Å². The Balaban J connectivity index is 0.00000240. The fourth-order valence-electron chi connectivity index (χ4n) is 7.38. The highest BCUT2D eigenvalue weighted by Gasteiger charge is 2.62. The average Bonchev–Trinajstić information content (AvgIpc) is 2.97. The Labute approximate surface area is 179 Å². The number of hydrogen-bond acceptors (Lipinski definition) is 6. The number of Topliss-reactive ketones (excluding diaryl/α,β-unsaturated/α-hetero) is 1. The summed E-state index contributed by atoms with van der Waals surface area (Å²) in [6, 6.07) is 0. The lowest BCUT2D eigenvalue weighted by Crippen LogP contribution is -2.57. The first kappa shape index (κ1) is 22.5. The molecule has 4 aliphatic rings. The quantitative estimate of drug-likeness (QED) is 0.406. The summed E-state index contributed by atoms with van der Waals surface area (Å²) in [6.07, 6.45) is 7.21. The maximum absolute atomic E-state index is 12.6. The summed E-state index contributed by atoms with van der Waals surface area (Å²) < 4.78 is 5.65. The number of carbonyl (C=O) groups is 2. The molecular weight excluding hydrogens is 392 g/mol. The minimum absolute atomic E-state index is 0. The number of esters is 1. The smallest absolute Gasteiger partial charge is 0.307 e. The molecule has 0 amide bonds. The van der Waals surface area contributed by atoms with Crippen molar-refractivity contribution >= 4 is 29.9 Å². The number of rotatable bonds is 3. The summed E-state index contributed by atoms with van der Waals surface area (Å²) >= 11 is 0. The fourth-order valence-corrected chi connectivity index (χ4v) is 7.38. The predicted octanol–water partition coefficient (Wildman–Crippen LogP) is 3.72. The molecule has 0 aromatic heterocycles. The first-order valence-electron chi connectivity index (χ1n) is 11.0. The van der Waals surface area contributed by atoms with Crippen molar-refractivity contribution in [3.8, 4) is 0 Å². The third kappa shape index (κ3) is 3.50. The molecule has 0 radical (unpaired) electrons. The van der Waals surface area contributed by atoms with Crippen LogP contribution in [0.5, 0.6) is 0 Å². The maximum atomic E-state index is 12.6. The molecule has 0 spiro atoms. The van der Waals surface area contributed by atoms with Gasteiger partial charge in [0.1, 0.15) is 11.9 Å². The summed E-state index contributed by atoms with van der Waals surface area (Å²) in [4.78, 5) is 24.5. The Hall–Kier alpha value is -1.14. The van der Waals surface area contributed by atoms with Gasteiger partial charge in [-0.2, -0.15) is 0 Å². The van der Waals surface area contributed by atoms with Crippen LogP contribution in [0.1, 0.15) is 71.6 Å². The molecule has 0 saturated heterocycles. The van der Waals surface area contributed by atoms with E-state index in [1.807, 2.05) is 0 Å². The van der Waals surface area contributed by atoms with Gasteiger partial charge in [0.15, 0.2) is 0 Å². The van der Waals surface area contributed by atoms with E-state index in [1.54, 1.807) is 0 Å². The third-order valence-electron chi connectivity index (χ3n) is 8.91. The second-order valence-corrected chi connectivity index (χ2v) is 10.1. The summed E-state index contributed by atoms with van der Waals surface area (Å²) in [7, 11) is 0. The Bertz CT molecular complexity index is 698. The van der Waals surface area contributed by atoms with Crippen LogP contribution in [0.15, 0.2) is 5.16 Å². The molecule has 0 aromatic carbocycles.